The molecule has 0 aliphatic heterocycles. The quantitative estimate of drug-likeness (QED) is 0.175. The molecule has 0 saturated carbocycles. The molecule has 0 radical (unpaired) electrons. The molecule has 0 spiro atoms. The molecule has 0 aliphatic carbocycles. The fourth-order valence-electron chi connectivity index (χ4n) is 6.93. The average Bonchev–Trinajstić information content (AvgIpc) is 3.55. The van der Waals surface area contributed by atoms with Crippen LogP contribution in [0.15, 0.2) is 199 Å². The lowest BCUT2D eigenvalue weighted by molar-refractivity contribution is 0.672. The smallest absolute Gasteiger partial charge is 0.143 e. The summed E-state index contributed by atoms with van der Waals surface area (Å²) in [6, 6.07) is 68.5. The lowest BCUT2D eigenvalue weighted by Gasteiger charge is -2.33. The summed E-state index contributed by atoms with van der Waals surface area (Å²) in [6.45, 7) is 0. The molecule has 9 rings (SSSR count). The van der Waals surface area contributed by atoms with Crippen LogP contribution in [0.4, 0.5) is 34.1 Å². The van der Waals surface area contributed by atoms with Gasteiger partial charge in [0.25, 0.3) is 0 Å². The molecule has 8 aromatic carbocycles. The van der Waals surface area contributed by atoms with E-state index in [1.54, 1.807) is 0 Å². The van der Waals surface area contributed by atoms with Crippen molar-refractivity contribution in [3.8, 4) is 11.1 Å². The van der Waals surface area contributed by atoms with E-state index >= 15 is 0 Å². The highest BCUT2D eigenvalue weighted by atomic mass is 16.3. The van der Waals surface area contributed by atoms with E-state index in [2.05, 4.69) is 204 Å². The number of hydrogen-bond acceptors (Lipinski definition) is 3. The van der Waals surface area contributed by atoms with Crippen molar-refractivity contribution in [3.63, 3.8) is 0 Å². The predicted molar refractivity (Wildman–Crippen MR) is 206 cm³/mol. The van der Waals surface area contributed by atoms with E-state index in [4.69, 9.17) is 4.42 Å². The zero-order valence-electron chi connectivity index (χ0n) is 26.8. The van der Waals surface area contributed by atoms with Crippen LogP contribution in [-0.2, 0) is 0 Å². The summed E-state index contributed by atoms with van der Waals surface area (Å²) >= 11 is 0. The van der Waals surface area contributed by atoms with Crippen molar-refractivity contribution in [2.45, 2.75) is 0 Å². The summed E-state index contributed by atoms with van der Waals surface area (Å²) in [5.41, 5.74) is 10.3. The lowest BCUT2D eigenvalue weighted by Crippen LogP contribution is -2.17. The SMILES string of the molecule is c1ccc(-c2cccc(N(c3ccccc3)c3cc4oc5c6ccccc6ccc5c4cc3N(c3ccccc3)c3ccccc3)c2)cc1. The summed E-state index contributed by atoms with van der Waals surface area (Å²) in [5.74, 6) is 0. The summed E-state index contributed by atoms with van der Waals surface area (Å²) in [4.78, 5) is 4.71. The summed E-state index contributed by atoms with van der Waals surface area (Å²) in [5, 5.41) is 4.44. The molecule has 0 fully saturated rings. The molecular formula is C46H32N2O. The summed E-state index contributed by atoms with van der Waals surface area (Å²) in [7, 11) is 0. The zero-order chi connectivity index (χ0) is 32.6. The van der Waals surface area contributed by atoms with Gasteiger partial charge in [-0.2, -0.15) is 0 Å². The van der Waals surface area contributed by atoms with Crippen molar-refractivity contribution >= 4 is 66.8 Å². The fraction of sp³-hybridized carbons (Fsp3) is 0. The van der Waals surface area contributed by atoms with Crippen LogP contribution in [-0.4, -0.2) is 0 Å². The number of para-hydroxylation sites is 3. The van der Waals surface area contributed by atoms with Crippen LogP contribution in [0.25, 0.3) is 43.8 Å². The number of rotatable bonds is 7. The van der Waals surface area contributed by atoms with E-state index in [0.29, 0.717) is 0 Å². The third-order valence-corrected chi connectivity index (χ3v) is 9.20. The van der Waals surface area contributed by atoms with Crippen LogP contribution < -0.4 is 9.80 Å². The van der Waals surface area contributed by atoms with Gasteiger partial charge in [0.05, 0.1) is 11.4 Å². The second kappa shape index (κ2) is 12.2. The van der Waals surface area contributed by atoms with Gasteiger partial charge in [0.2, 0.25) is 0 Å². The Balaban J connectivity index is 1.38. The van der Waals surface area contributed by atoms with Gasteiger partial charge < -0.3 is 14.2 Å². The van der Waals surface area contributed by atoms with Crippen LogP contribution >= 0.6 is 0 Å². The highest BCUT2D eigenvalue weighted by Gasteiger charge is 2.25. The maximum Gasteiger partial charge on any atom is 0.143 e. The largest absolute Gasteiger partial charge is 0.455 e. The monoisotopic (exact) mass is 628 g/mol. The Morgan fingerprint density at radius 1 is 0.327 bits per heavy atom. The molecular weight excluding hydrogens is 597 g/mol. The van der Waals surface area contributed by atoms with E-state index in [1.807, 2.05) is 0 Å². The molecule has 0 aliphatic rings. The molecule has 1 aromatic heterocycles. The van der Waals surface area contributed by atoms with E-state index in [-0.39, 0.29) is 0 Å². The minimum Gasteiger partial charge on any atom is -0.455 e. The number of fused-ring (bicyclic) bond motifs is 5. The van der Waals surface area contributed by atoms with E-state index in [9.17, 15) is 0 Å². The number of furan rings is 1. The molecule has 0 saturated heterocycles. The van der Waals surface area contributed by atoms with Crippen molar-refractivity contribution in [1.29, 1.82) is 0 Å². The van der Waals surface area contributed by atoms with Crippen molar-refractivity contribution in [1.82, 2.24) is 0 Å². The molecule has 9 aromatic rings. The Labute approximate surface area is 285 Å². The van der Waals surface area contributed by atoms with Crippen molar-refractivity contribution in [2.75, 3.05) is 9.80 Å². The summed E-state index contributed by atoms with van der Waals surface area (Å²) in [6.07, 6.45) is 0. The normalized spacial score (nSPS) is 11.3. The first-order chi connectivity index (χ1) is 24.3. The van der Waals surface area contributed by atoms with Gasteiger partial charge >= 0.3 is 0 Å². The van der Waals surface area contributed by atoms with Gasteiger partial charge in [-0.25, -0.2) is 0 Å². The van der Waals surface area contributed by atoms with Gasteiger partial charge in [-0.05, 0) is 77.2 Å². The number of benzene rings is 8. The molecule has 0 bridgehead atoms. The molecule has 0 unspecified atom stereocenters. The van der Waals surface area contributed by atoms with Crippen LogP contribution in [0.5, 0.6) is 0 Å². The topological polar surface area (TPSA) is 19.6 Å². The Kier molecular flexibility index (Phi) is 7.14. The Hall–Kier alpha value is -6.58. The van der Waals surface area contributed by atoms with E-state index in [1.165, 1.54) is 5.56 Å². The predicted octanol–water partition coefficient (Wildman–Crippen LogP) is 13.3. The van der Waals surface area contributed by atoms with E-state index < -0.39 is 0 Å². The Morgan fingerprint density at radius 3 is 1.49 bits per heavy atom. The van der Waals surface area contributed by atoms with E-state index in [0.717, 1.165) is 72.4 Å². The minimum absolute atomic E-state index is 0.839. The van der Waals surface area contributed by atoms with Crippen LogP contribution in [0.2, 0.25) is 0 Å². The average molecular weight is 629 g/mol. The number of anilines is 6. The van der Waals surface area contributed by atoms with Gasteiger partial charge in [0.1, 0.15) is 11.2 Å². The van der Waals surface area contributed by atoms with Gasteiger partial charge in [-0.3, -0.25) is 0 Å². The minimum atomic E-state index is 0.839. The van der Waals surface area contributed by atoms with Crippen molar-refractivity contribution in [3.05, 3.63) is 194 Å². The standard InChI is InChI=1S/C46H32N2O/c1-5-16-33(17-6-1)35-19-15-26-39(30-35)48(38-24-11-4-12-25-38)44-32-45-42(41-29-28-34-18-13-14-27-40(34)46(41)49-45)31-43(44)47(36-20-7-2-8-21-36)37-22-9-3-10-23-37/h1-32H. The Bertz CT molecular complexity index is 2500. The molecule has 49 heavy (non-hydrogen) atoms. The van der Waals surface area contributed by atoms with Gasteiger partial charge in [0.15, 0.2) is 0 Å². The second-order valence-corrected chi connectivity index (χ2v) is 12.2. The fourth-order valence-corrected chi connectivity index (χ4v) is 6.93. The number of hydrogen-bond donors (Lipinski definition) is 0. The second-order valence-electron chi connectivity index (χ2n) is 12.2. The third-order valence-electron chi connectivity index (χ3n) is 9.20. The van der Waals surface area contributed by atoms with Gasteiger partial charge in [-0.15, -0.1) is 0 Å². The first kappa shape index (κ1) is 28.6. The third kappa shape index (κ3) is 5.18. The lowest BCUT2D eigenvalue weighted by atomic mass is 10.0. The first-order valence-corrected chi connectivity index (χ1v) is 16.6. The highest BCUT2D eigenvalue weighted by molar-refractivity contribution is 6.17. The molecule has 0 amide bonds. The first-order valence-electron chi connectivity index (χ1n) is 16.6. The van der Waals surface area contributed by atoms with Gasteiger partial charge in [-0.1, -0.05) is 127 Å². The molecule has 3 nitrogen and oxygen atoms in total. The van der Waals surface area contributed by atoms with Gasteiger partial charge in [0, 0.05) is 45.0 Å². The zero-order valence-corrected chi connectivity index (χ0v) is 26.8. The molecule has 232 valence electrons. The molecule has 0 N–H and O–H groups in total. The number of nitrogens with zero attached hydrogens (tertiary/aromatic N) is 2. The highest BCUT2D eigenvalue weighted by Crippen LogP contribution is 2.49. The molecule has 0 atom stereocenters. The Morgan fingerprint density at radius 2 is 0.837 bits per heavy atom. The van der Waals surface area contributed by atoms with Crippen molar-refractivity contribution in [2.24, 2.45) is 0 Å². The van der Waals surface area contributed by atoms with Crippen LogP contribution in [0, 0.1) is 0 Å². The molecule has 3 heteroatoms. The molecule has 1 heterocycles. The summed E-state index contributed by atoms with van der Waals surface area (Å²) < 4.78 is 6.82. The van der Waals surface area contributed by atoms with Crippen LogP contribution in [0.1, 0.15) is 0 Å². The maximum atomic E-state index is 6.82. The maximum absolute atomic E-state index is 6.82. The van der Waals surface area contributed by atoms with Crippen LogP contribution in [0.3, 0.4) is 0 Å². The van der Waals surface area contributed by atoms with Crippen molar-refractivity contribution < 1.29 is 4.42 Å².